The number of alkyl halides is 1. The number of rotatable bonds is 4. The number of aromatic nitrogens is 1. The van der Waals surface area contributed by atoms with Crippen LogP contribution < -0.4 is 4.90 Å². The number of benzene rings is 1. The van der Waals surface area contributed by atoms with Crippen LogP contribution in [0, 0.1) is 0 Å². The fourth-order valence-corrected chi connectivity index (χ4v) is 2.52. The summed E-state index contributed by atoms with van der Waals surface area (Å²) in [5.74, 6) is 0. The molecule has 0 saturated carbocycles. The lowest BCUT2D eigenvalue weighted by atomic mass is 10.1. The molecule has 2 rings (SSSR count). The minimum atomic E-state index is 0.769. The molecule has 1 heterocycles. The molecule has 4 heteroatoms. The van der Waals surface area contributed by atoms with Gasteiger partial charge in [0.05, 0.1) is 0 Å². The summed E-state index contributed by atoms with van der Waals surface area (Å²) < 4.78 is 0. The van der Waals surface area contributed by atoms with E-state index in [9.17, 15) is 0 Å². The molecule has 0 aliphatic heterocycles. The number of halogens is 2. The van der Waals surface area contributed by atoms with Crippen molar-refractivity contribution in [3.8, 4) is 0 Å². The topological polar surface area (TPSA) is 16.1 Å². The molecule has 1 aromatic carbocycles. The Hall–Kier alpha value is -1.06. The van der Waals surface area contributed by atoms with Gasteiger partial charge in [0.2, 0.25) is 0 Å². The van der Waals surface area contributed by atoms with Crippen LogP contribution >= 0.6 is 27.5 Å². The Morgan fingerprint density at radius 3 is 2.61 bits per heavy atom. The summed E-state index contributed by atoms with van der Waals surface area (Å²) in [6.07, 6.45) is 3.63. The third kappa shape index (κ3) is 3.24. The van der Waals surface area contributed by atoms with Gasteiger partial charge in [-0.3, -0.25) is 4.98 Å². The van der Waals surface area contributed by atoms with E-state index in [1.54, 1.807) is 0 Å². The number of hydrogen-bond donors (Lipinski definition) is 0. The second-order valence-corrected chi connectivity index (χ2v) is 5.12. The minimum absolute atomic E-state index is 0.769. The fraction of sp³-hybridized carbons (Fsp3) is 0.214. The number of hydrogen-bond acceptors (Lipinski definition) is 2. The summed E-state index contributed by atoms with van der Waals surface area (Å²) in [4.78, 5) is 6.24. The van der Waals surface area contributed by atoms with Gasteiger partial charge in [-0.15, -0.1) is 0 Å². The molecule has 0 N–H and O–H groups in total. The van der Waals surface area contributed by atoms with Crippen molar-refractivity contribution in [3.05, 3.63) is 58.9 Å². The Balaban J connectivity index is 2.21. The van der Waals surface area contributed by atoms with Crippen molar-refractivity contribution < 1.29 is 0 Å². The monoisotopic (exact) mass is 324 g/mol. The molecule has 18 heavy (non-hydrogen) atoms. The summed E-state index contributed by atoms with van der Waals surface area (Å²) >= 11 is 9.51. The number of nitrogens with zero attached hydrogens (tertiary/aromatic N) is 2. The molecule has 0 aliphatic rings. The molecule has 0 saturated heterocycles. The van der Waals surface area contributed by atoms with Gasteiger partial charge >= 0.3 is 0 Å². The van der Waals surface area contributed by atoms with Crippen molar-refractivity contribution >= 4 is 33.2 Å². The molecular formula is C14H14BrClN2. The van der Waals surface area contributed by atoms with E-state index in [-0.39, 0.29) is 0 Å². The second-order valence-electron chi connectivity index (χ2n) is 4.12. The molecule has 94 valence electrons. The van der Waals surface area contributed by atoms with Crippen molar-refractivity contribution in [1.82, 2.24) is 4.98 Å². The first kappa shape index (κ1) is 13.4. The zero-order chi connectivity index (χ0) is 13.0. The minimum Gasteiger partial charge on any atom is -0.370 e. The van der Waals surface area contributed by atoms with Gasteiger partial charge in [0, 0.05) is 42.0 Å². The highest BCUT2D eigenvalue weighted by atomic mass is 79.9. The Kier molecular flexibility index (Phi) is 4.61. The maximum atomic E-state index is 6.01. The van der Waals surface area contributed by atoms with Crippen LogP contribution in [0.15, 0.2) is 42.7 Å². The summed E-state index contributed by atoms with van der Waals surface area (Å²) in [7, 11) is 2.08. The van der Waals surface area contributed by atoms with Gasteiger partial charge in [0.25, 0.3) is 0 Å². The molecule has 0 radical (unpaired) electrons. The van der Waals surface area contributed by atoms with Crippen molar-refractivity contribution in [3.63, 3.8) is 0 Å². The fourth-order valence-electron chi connectivity index (χ4n) is 1.88. The average Bonchev–Trinajstić information content (AvgIpc) is 2.39. The highest BCUT2D eigenvalue weighted by Crippen LogP contribution is 2.26. The highest BCUT2D eigenvalue weighted by Gasteiger charge is 2.07. The Labute approximate surface area is 121 Å². The molecule has 2 nitrogen and oxygen atoms in total. The standard InChI is InChI=1S/C14H14BrClN2/c1-18(10-11-4-6-17-7-5-11)14-3-2-13(16)8-12(14)9-15/h2-8H,9-10H2,1H3. The predicted molar refractivity (Wildman–Crippen MR) is 80.4 cm³/mol. The molecule has 0 atom stereocenters. The predicted octanol–water partition coefficient (Wildman–Crippen LogP) is 4.27. The summed E-state index contributed by atoms with van der Waals surface area (Å²) in [5.41, 5.74) is 3.62. The molecular weight excluding hydrogens is 312 g/mol. The van der Waals surface area contributed by atoms with Crippen LogP contribution in [0.2, 0.25) is 5.02 Å². The zero-order valence-corrected chi connectivity index (χ0v) is 12.4. The van der Waals surface area contributed by atoms with E-state index in [4.69, 9.17) is 11.6 Å². The molecule has 0 bridgehead atoms. The maximum Gasteiger partial charge on any atom is 0.0427 e. The third-order valence-corrected chi connectivity index (χ3v) is 3.61. The third-order valence-electron chi connectivity index (χ3n) is 2.77. The summed E-state index contributed by atoms with van der Waals surface area (Å²) in [6.45, 7) is 0.851. The van der Waals surface area contributed by atoms with Crippen LogP contribution in [0.4, 0.5) is 5.69 Å². The SMILES string of the molecule is CN(Cc1ccncc1)c1ccc(Cl)cc1CBr. The zero-order valence-electron chi connectivity index (χ0n) is 10.1. The van der Waals surface area contributed by atoms with E-state index >= 15 is 0 Å². The van der Waals surface area contributed by atoms with Crippen LogP contribution in [0.25, 0.3) is 0 Å². The summed E-state index contributed by atoms with van der Waals surface area (Å²) in [5, 5.41) is 1.56. The van der Waals surface area contributed by atoms with Crippen LogP contribution in [0.3, 0.4) is 0 Å². The van der Waals surface area contributed by atoms with Gasteiger partial charge in [0.1, 0.15) is 0 Å². The molecule has 1 aromatic heterocycles. The quantitative estimate of drug-likeness (QED) is 0.781. The largest absolute Gasteiger partial charge is 0.370 e. The highest BCUT2D eigenvalue weighted by molar-refractivity contribution is 9.08. The average molecular weight is 326 g/mol. The number of anilines is 1. The van der Waals surface area contributed by atoms with Gasteiger partial charge in [-0.2, -0.15) is 0 Å². The molecule has 0 aliphatic carbocycles. The van der Waals surface area contributed by atoms with Crippen LogP contribution in [-0.2, 0) is 11.9 Å². The van der Waals surface area contributed by atoms with Crippen molar-refractivity contribution in [2.45, 2.75) is 11.9 Å². The summed E-state index contributed by atoms with van der Waals surface area (Å²) in [6, 6.07) is 10.0. The van der Waals surface area contributed by atoms with Gasteiger partial charge in [-0.25, -0.2) is 0 Å². The van der Waals surface area contributed by atoms with E-state index in [0.29, 0.717) is 0 Å². The molecule has 2 aromatic rings. The van der Waals surface area contributed by atoms with Crippen molar-refractivity contribution in [2.24, 2.45) is 0 Å². The molecule has 0 amide bonds. The van der Waals surface area contributed by atoms with Crippen LogP contribution in [-0.4, -0.2) is 12.0 Å². The normalized spacial score (nSPS) is 10.4. The second kappa shape index (κ2) is 6.21. The Bertz CT molecular complexity index is 516. The van der Waals surface area contributed by atoms with E-state index in [1.165, 1.54) is 16.8 Å². The first-order chi connectivity index (χ1) is 8.70. The first-order valence-corrected chi connectivity index (χ1v) is 7.15. The van der Waals surface area contributed by atoms with Crippen LogP contribution in [0.1, 0.15) is 11.1 Å². The Morgan fingerprint density at radius 1 is 1.22 bits per heavy atom. The lowest BCUT2D eigenvalue weighted by Gasteiger charge is -2.22. The van der Waals surface area contributed by atoms with Gasteiger partial charge in [0.15, 0.2) is 0 Å². The lowest BCUT2D eigenvalue weighted by molar-refractivity contribution is 0.913. The maximum absolute atomic E-state index is 6.01. The van der Waals surface area contributed by atoms with E-state index in [1.807, 2.05) is 36.7 Å². The number of pyridine rings is 1. The smallest absolute Gasteiger partial charge is 0.0427 e. The van der Waals surface area contributed by atoms with Gasteiger partial charge in [-0.1, -0.05) is 27.5 Å². The van der Waals surface area contributed by atoms with Crippen molar-refractivity contribution in [1.29, 1.82) is 0 Å². The van der Waals surface area contributed by atoms with Crippen LogP contribution in [0.5, 0.6) is 0 Å². The van der Waals surface area contributed by atoms with Gasteiger partial charge in [-0.05, 0) is 41.5 Å². The molecule has 0 fully saturated rings. The molecule has 0 spiro atoms. The Morgan fingerprint density at radius 2 is 1.94 bits per heavy atom. The van der Waals surface area contributed by atoms with Gasteiger partial charge < -0.3 is 4.90 Å². The van der Waals surface area contributed by atoms with E-state index in [2.05, 4.69) is 38.9 Å². The van der Waals surface area contributed by atoms with E-state index in [0.717, 1.165) is 16.9 Å². The lowest BCUT2D eigenvalue weighted by Crippen LogP contribution is -2.17. The first-order valence-electron chi connectivity index (χ1n) is 5.65. The van der Waals surface area contributed by atoms with E-state index < -0.39 is 0 Å². The molecule has 0 unspecified atom stereocenters. The van der Waals surface area contributed by atoms with Crippen molar-refractivity contribution in [2.75, 3.05) is 11.9 Å².